The van der Waals surface area contributed by atoms with Crippen LogP contribution < -0.4 is 5.32 Å². The molecule has 0 bridgehead atoms. The number of rotatable bonds is 3. The first kappa shape index (κ1) is 18.2. The van der Waals surface area contributed by atoms with Crippen molar-refractivity contribution in [3.8, 4) is 0 Å². The SMILES string of the molecule is CN=C(NCc1oc2ccccc2c1C)N1CCN(C(=O)c2ccco2)CC1. The summed E-state index contributed by atoms with van der Waals surface area (Å²) in [5.74, 6) is 2.04. The number of hydrogen-bond donors (Lipinski definition) is 1. The van der Waals surface area contributed by atoms with E-state index in [4.69, 9.17) is 8.83 Å². The van der Waals surface area contributed by atoms with Gasteiger partial charge in [0.25, 0.3) is 5.91 Å². The lowest BCUT2D eigenvalue weighted by molar-refractivity contribution is 0.0657. The number of carbonyl (C=O) groups is 1. The van der Waals surface area contributed by atoms with E-state index in [2.05, 4.69) is 28.2 Å². The molecule has 3 heterocycles. The molecule has 2 aromatic heterocycles. The van der Waals surface area contributed by atoms with E-state index in [1.807, 2.05) is 23.1 Å². The van der Waals surface area contributed by atoms with E-state index < -0.39 is 0 Å². The molecule has 0 atom stereocenters. The van der Waals surface area contributed by atoms with Crippen LogP contribution in [0.4, 0.5) is 0 Å². The highest BCUT2D eigenvalue weighted by Crippen LogP contribution is 2.24. The van der Waals surface area contributed by atoms with Gasteiger partial charge in [-0.3, -0.25) is 9.79 Å². The molecule has 7 nitrogen and oxygen atoms in total. The van der Waals surface area contributed by atoms with Gasteiger partial charge in [0.2, 0.25) is 0 Å². The van der Waals surface area contributed by atoms with Crippen molar-refractivity contribution in [2.75, 3.05) is 33.2 Å². The van der Waals surface area contributed by atoms with E-state index in [1.165, 1.54) is 6.26 Å². The molecule has 4 rings (SSSR count). The fourth-order valence-corrected chi connectivity index (χ4v) is 3.56. The first-order valence-corrected chi connectivity index (χ1v) is 9.42. The molecule has 7 heteroatoms. The molecule has 1 aromatic carbocycles. The molecular formula is C21H24N4O3. The van der Waals surface area contributed by atoms with Crippen molar-refractivity contribution in [2.24, 2.45) is 4.99 Å². The van der Waals surface area contributed by atoms with Crippen LogP contribution in [-0.2, 0) is 6.54 Å². The standard InChI is InChI=1S/C21H24N4O3/c1-15-16-6-3-4-7-17(16)28-19(15)14-23-21(22-2)25-11-9-24(10-12-25)20(26)18-8-5-13-27-18/h3-8,13H,9-12,14H2,1-2H3,(H,22,23). The number of nitrogens with one attached hydrogen (secondary N) is 1. The molecule has 1 saturated heterocycles. The highest BCUT2D eigenvalue weighted by molar-refractivity contribution is 5.91. The highest BCUT2D eigenvalue weighted by atomic mass is 16.3. The average Bonchev–Trinajstić information content (AvgIpc) is 3.38. The summed E-state index contributed by atoms with van der Waals surface area (Å²) in [5, 5.41) is 4.53. The number of furan rings is 2. The Kier molecular flexibility index (Phi) is 5.06. The number of guanidine groups is 1. The number of aryl methyl sites for hydroxylation is 1. The number of piperazine rings is 1. The Balaban J connectivity index is 1.36. The van der Waals surface area contributed by atoms with Gasteiger partial charge in [0, 0.05) is 44.2 Å². The molecule has 1 aliphatic heterocycles. The zero-order chi connectivity index (χ0) is 19.5. The minimum absolute atomic E-state index is 0.0644. The number of para-hydroxylation sites is 1. The molecule has 3 aromatic rings. The number of nitrogens with zero attached hydrogens (tertiary/aromatic N) is 3. The van der Waals surface area contributed by atoms with E-state index in [9.17, 15) is 4.79 Å². The molecule has 1 amide bonds. The maximum atomic E-state index is 12.4. The predicted octanol–water partition coefficient (Wildman–Crippen LogP) is 2.87. The van der Waals surface area contributed by atoms with Gasteiger partial charge in [-0.05, 0) is 25.1 Å². The average molecular weight is 380 g/mol. The van der Waals surface area contributed by atoms with Crippen LogP contribution in [0.1, 0.15) is 21.9 Å². The number of carbonyl (C=O) groups excluding carboxylic acids is 1. The van der Waals surface area contributed by atoms with Crippen molar-refractivity contribution >= 4 is 22.8 Å². The number of aliphatic imine (C=N–C) groups is 1. The monoisotopic (exact) mass is 380 g/mol. The van der Waals surface area contributed by atoms with E-state index in [0.29, 0.717) is 38.5 Å². The lowest BCUT2D eigenvalue weighted by Crippen LogP contribution is -2.53. The maximum absolute atomic E-state index is 12.4. The summed E-state index contributed by atoms with van der Waals surface area (Å²) in [6.45, 7) is 5.33. The zero-order valence-corrected chi connectivity index (χ0v) is 16.1. The molecule has 0 spiro atoms. The Bertz CT molecular complexity index is 982. The van der Waals surface area contributed by atoms with Crippen molar-refractivity contribution in [1.29, 1.82) is 0 Å². The third-order valence-corrected chi connectivity index (χ3v) is 5.16. The van der Waals surface area contributed by atoms with Gasteiger partial charge in [-0.15, -0.1) is 0 Å². The quantitative estimate of drug-likeness (QED) is 0.559. The zero-order valence-electron chi connectivity index (χ0n) is 16.1. The molecule has 0 saturated carbocycles. The van der Waals surface area contributed by atoms with Gasteiger partial charge < -0.3 is 24.0 Å². The van der Waals surface area contributed by atoms with Crippen LogP contribution in [0.3, 0.4) is 0 Å². The van der Waals surface area contributed by atoms with Crippen molar-refractivity contribution in [3.63, 3.8) is 0 Å². The first-order chi connectivity index (χ1) is 13.7. The number of fused-ring (bicyclic) bond motifs is 1. The second-order valence-electron chi connectivity index (χ2n) is 6.80. The summed E-state index contributed by atoms with van der Waals surface area (Å²) in [5.41, 5.74) is 2.05. The molecule has 0 aliphatic carbocycles. The Hall–Kier alpha value is -3.22. The van der Waals surface area contributed by atoms with E-state index in [0.717, 1.165) is 28.3 Å². The maximum Gasteiger partial charge on any atom is 0.289 e. The van der Waals surface area contributed by atoms with Crippen molar-refractivity contribution in [2.45, 2.75) is 13.5 Å². The van der Waals surface area contributed by atoms with Gasteiger partial charge in [0.15, 0.2) is 11.7 Å². The lowest BCUT2D eigenvalue weighted by Gasteiger charge is -2.36. The Morgan fingerprint density at radius 3 is 2.54 bits per heavy atom. The Morgan fingerprint density at radius 1 is 1.11 bits per heavy atom. The topological polar surface area (TPSA) is 74.2 Å². The molecule has 1 N–H and O–H groups in total. The summed E-state index contributed by atoms with van der Waals surface area (Å²) in [7, 11) is 1.77. The summed E-state index contributed by atoms with van der Waals surface area (Å²) in [6, 6.07) is 11.5. The number of benzene rings is 1. The fourth-order valence-electron chi connectivity index (χ4n) is 3.56. The summed E-state index contributed by atoms with van der Waals surface area (Å²) in [4.78, 5) is 20.8. The minimum atomic E-state index is -0.0644. The Labute approximate surface area is 163 Å². The summed E-state index contributed by atoms with van der Waals surface area (Å²) < 4.78 is 11.2. The van der Waals surface area contributed by atoms with Crippen molar-refractivity contribution < 1.29 is 13.6 Å². The van der Waals surface area contributed by atoms with Gasteiger partial charge in [0.1, 0.15) is 11.3 Å². The molecule has 0 unspecified atom stereocenters. The normalized spacial score (nSPS) is 15.3. The lowest BCUT2D eigenvalue weighted by atomic mass is 10.1. The number of amides is 1. The van der Waals surface area contributed by atoms with Crippen LogP contribution in [0.2, 0.25) is 0 Å². The molecule has 1 aliphatic rings. The first-order valence-electron chi connectivity index (χ1n) is 9.42. The van der Waals surface area contributed by atoms with E-state index in [1.54, 1.807) is 19.2 Å². The molecule has 28 heavy (non-hydrogen) atoms. The van der Waals surface area contributed by atoms with Crippen LogP contribution in [0.15, 0.2) is 56.5 Å². The van der Waals surface area contributed by atoms with Crippen LogP contribution in [0.25, 0.3) is 11.0 Å². The van der Waals surface area contributed by atoms with Gasteiger partial charge in [0.05, 0.1) is 12.8 Å². The van der Waals surface area contributed by atoms with Crippen molar-refractivity contribution in [3.05, 3.63) is 59.7 Å². The van der Waals surface area contributed by atoms with Crippen molar-refractivity contribution in [1.82, 2.24) is 15.1 Å². The fraction of sp³-hybridized carbons (Fsp3) is 0.333. The van der Waals surface area contributed by atoms with Gasteiger partial charge in [-0.2, -0.15) is 0 Å². The van der Waals surface area contributed by atoms with E-state index >= 15 is 0 Å². The van der Waals surface area contributed by atoms with Gasteiger partial charge in [-0.25, -0.2) is 0 Å². The smallest absolute Gasteiger partial charge is 0.289 e. The predicted molar refractivity (Wildman–Crippen MR) is 107 cm³/mol. The Morgan fingerprint density at radius 2 is 1.86 bits per heavy atom. The second kappa shape index (κ2) is 7.80. The third kappa shape index (κ3) is 3.47. The summed E-state index contributed by atoms with van der Waals surface area (Å²) in [6.07, 6.45) is 1.52. The van der Waals surface area contributed by atoms with E-state index in [-0.39, 0.29) is 5.91 Å². The van der Waals surface area contributed by atoms with Gasteiger partial charge >= 0.3 is 0 Å². The summed E-state index contributed by atoms with van der Waals surface area (Å²) >= 11 is 0. The van der Waals surface area contributed by atoms with Crippen LogP contribution in [-0.4, -0.2) is 54.9 Å². The van der Waals surface area contributed by atoms with Gasteiger partial charge in [-0.1, -0.05) is 18.2 Å². The minimum Gasteiger partial charge on any atom is -0.459 e. The van der Waals surface area contributed by atoms with Crippen LogP contribution in [0, 0.1) is 6.92 Å². The molecule has 1 fully saturated rings. The second-order valence-corrected chi connectivity index (χ2v) is 6.80. The largest absolute Gasteiger partial charge is 0.459 e. The molecular weight excluding hydrogens is 356 g/mol. The molecule has 146 valence electrons. The van der Waals surface area contributed by atoms with Crippen LogP contribution in [0.5, 0.6) is 0 Å². The molecule has 0 radical (unpaired) electrons. The third-order valence-electron chi connectivity index (χ3n) is 5.16. The van der Waals surface area contributed by atoms with Crippen LogP contribution >= 0.6 is 0 Å². The number of hydrogen-bond acceptors (Lipinski definition) is 4. The highest BCUT2D eigenvalue weighted by Gasteiger charge is 2.25.